The van der Waals surface area contributed by atoms with Crippen molar-refractivity contribution in [2.75, 3.05) is 19.5 Å². The number of aromatic nitrogens is 3. The smallest absolute Gasteiger partial charge is 0.188 e. The quantitative estimate of drug-likeness (QED) is 0.495. The average molecular weight is 320 g/mol. The number of rotatable bonds is 2. The lowest BCUT2D eigenvalue weighted by atomic mass is 10.2. The Balaban J connectivity index is 2.17. The highest BCUT2D eigenvalue weighted by molar-refractivity contribution is 5.88. The van der Waals surface area contributed by atoms with Gasteiger partial charge in [-0.05, 0) is 12.0 Å². The van der Waals surface area contributed by atoms with Crippen molar-refractivity contribution in [2.24, 2.45) is 0 Å². The van der Waals surface area contributed by atoms with Crippen LogP contribution >= 0.6 is 0 Å². The zero-order valence-corrected chi connectivity index (χ0v) is 12.2. The van der Waals surface area contributed by atoms with E-state index in [0.29, 0.717) is 16.7 Å². The largest absolute Gasteiger partial charge is 0.385 e. The van der Waals surface area contributed by atoms with Crippen LogP contribution in [-0.2, 0) is 9.47 Å². The van der Waals surface area contributed by atoms with Crippen LogP contribution in [0, 0.1) is 11.8 Å². The van der Waals surface area contributed by atoms with Gasteiger partial charge in [-0.15, -0.1) is 0 Å². The third-order valence-corrected chi connectivity index (χ3v) is 3.64. The molecular formula is C14H16N4O5. The van der Waals surface area contributed by atoms with Crippen molar-refractivity contribution in [1.82, 2.24) is 14.5 Å². The Bertz CT molecular complexity index is 781. The minimum absolute atomic E-state index is 0.247. The lowest BCUT2D eigenvalue weighted by molar-refractivity contribution is -0.160. The monoisotopic (exact) mass is 320 g/mol. The van der Waals surface area contributed by atoms with Gasteiger partial charge in [-0.1, -0.05) is 5.92 Å². The maximum Gasteiger partial charge on any atom is 0.188 e. The molecule has 1 aliphatic rings. The van der Waals surface area contributed by atoms with Gasteiger partial charge in [0.15, 0.2) is 12.5 Å². The molecule has 0 amide bonds. The molecule has 0 bridgehead atoms. The molecule has 0 saturated carbocycles. The summed E-state index contributed by atoms with van der Waals surface area (Å²) >= 11 is 0. The van der Waals surface area contributed by atoms with Crippen LogP contribution in [0.2, 0.25) is 0 Å². The fraction of sp³-hybridized carbons (Fsp3) is 0.429. The molecule has 23 heavy (non-hydrogen) atoms. The molecule has 1 fully saturated rings. The summed E-state index contributed by atoms with van der Waals surface area (Å²) in [4.78, 5) is 8.07. The van der Waals surface area contributed by atoms with E-state index in [1.807, 2.05) is 0 Å². The lowest BCUT2D eigenvalue weighted by Gasteiger charge is -2.18. The first-order valence-corrected chi connectivity index (χ1v) is 6.84. The molecule has 2 aromatic rings. The van der Waals surface area contributed by atoms with Crippen molar-refractivity contribution in [1.29, 1.82) is 0 Å². The number of hydrogen-bond donors (Lipinski definition) is 4. The molecule has 3 rings (SSSR count). The zero-order valence-electron chi connectivity index (χ0n) is 12.2. The molecule has 0 aliphatic carbocycles. The number of nitrogens with two attached hydrogens (primary N) is 1. The highest BCUT2D eigenvalue weighted by Crippen LogP contribution is 2.34. The molecule has 9 nitrogen and oxygen atoms in total. The van der Waals surface area contributed by atoms with Gasteiger partial charge in [0, 0.05) is 7.11 Å². The first-order chi connectivity index (χ1) is 11.1. The maximum atomic E-state index is 10.3. The highest BCUT2D eigenvalue weighted by atomic mass is 16.7. The fourth-order valence-electron chi connectivity index (χ4n) is 2.57. The Hall–Kier alpha value is -2.22. The molecule has 1 saturated heterocycles. The van der Waals surface area contributed by atoms with E-state index in [0.717, 1.165) is 0 Å². The molecule has 0 aromatic carbocycles. The number of methoxy groups -OCH3 is 1. The molecule has 1 aliphatic heterocycles. The number of aliphatic hydroxyl groups is 3. The van der Waals surface area contributed by atoms with Crippen molar-refractivity contribution in [3.63, 3.8) is 0 Å². The van der Waals surface area contributed by atoms with E-state index in [4.69, 9.17) is 20.3 Å². The van der Waals surface area contributed by atoms with Crippen molar-refractivity contribution < 1.29 is 24.8 Å². The third-order valence-electron chi connectivity index (χ3n) is 3.64. The normalized spacial score (nSPS) is 27.1. The predicted octanol–water partition coefficient (Wildman–Crippen LogP) is -1.42. The average Bonchev–Trinajstić information content (AvgIpc) is 3.05. The third kappa shape index (κ3) is 2.52. The second-order valence-corrected chi connectivity index (χ2v) is 4.97. The first-order valence-electron chi connectivity index (χ1n) is 6.84. The molecule has 4 unspecified atom stereocenters. The van der Waals surface area contributed by atoms with E-state index in [9.17, 15) is 10.2 Å². The summed E-state index contributed by atoms with van der Waals surface area (Å²) in [6.07, 6.45) is -3.14. The molecule has 5 N–H and O–H groups in total. The van der Waals surface area contributed by atoms with Crippen LogP contribution in [0.5, 0.6) is 0 Å². The Morgan fingerprint density at radius 1 is 1.39 bits per heavy atom. The van der Waals surface area contributed by atoms with Gasteiger partial charge in [0.2, 0.25) is 0 Å². The Kier molecular flexibility index (Phi) is 4.16. The SMILES string of the molecule is COC1OC(n2c(C#CCO)cc3c(N)ncnc32)C(O)C1O. The second kappa shape index (κ2) is 6.11. The summed E-state index contributed by atoms with van der Waals surface area (Å²) in [5, 5.41) is 29.7. The van der Waals surface area contributed by atoms with Gasteiger partial charge in [-0.3, -0.25) is 4.57 Å². The van der Waals surface area contributed by atoms with Gasteiger partial charge in [0.05, 0.1) is 11.1 Å². The van der Waals surface area contributed by atoms with Crippen LogP contribution in [0.1, 0.15) is 11.9 Å². The number of nitrogen functional groups attached to an aromatic ring is 1. The van der Waals surface area contributed by atoms with E-state index in [2.05, 4.69) is 21.8 Å². The van der Waals surface area contributed by atoms with Crippen molar-refractivity contribution in [3.05, 3.63) is 18.1 Å². The second-order valence-electron chi connectivity index (χ2n) is 4.97. The van der Waals surface area contributed by atoms with Crippen molar-refractivity contribution in [3.8, 4) is 11.8 Å². The van der Waals surface area contributed by atoms with Crippen LogP contribution in [0.25, 0.3) is 11.0 Å². The highest BCUT2D eigenvalue weighted by Gasteiger charge is 2.45. The molecule has 9 heteroatoms. The molecule has 3 heterocycles. The minimum Gasteiger partial charge on any atom is -0.385 e. The van der Waals surface area contributed by atoms with E-state index in [-0.39, 0.29) is 12.4 Å². The van der Waals surface area contributed by atoms with Crippen LogP contribution in [0.4, 0.5) is 5.82 Å². The van der Waals surface area contributed by atoms with E-state index >= 15 is 0 Å². The van der Waals surface area contributed by atoms with Crippen molar-refractivity contribution in [2.45, 2.75) is 24.7 Å². The van der Waals surface area contributed by atoms with Crippen LogP contribution in [0.15, 0.2) is 12.4 Å². The number of ether oxygens (including phenoxy) is 2. The zero-order chi connectivity index (χ0) is 16.6. The van der Waals surface area contributed by atoms with Gasteiger partial charge in [0.1, 0.15) is 36.6 Å². The number of anilines is 1. The molecule has 0 spiro atoms. The minimum atomic E-state index is -1.25. The maximum absolute atomic E-state index is 10.3. The summed E-state index contributed by atoms with van der Waals surface area (Å²) in [5.41, 5.74) is 6.65. The molecule has 4 atom stereocenters. The van der Waals surface area contributed by atoms with E-state index < -0.39 is 24.7 Å². The Labute approximate surface area is 131 Å². The molecule has 122 valence electrons. The van der Waals surface area contributed by atoms with Gasteiger partial charge in [0.25, 0.3) is 0 Å². The van der Waals surface area contributed by atoms with Gasteiger partial charge in [-0.25, -0.2) is 9.97 Å². The van der Waals surface area contributed by atoms with Gasteiger partial charge in [-0.2, -0.15) is 0 Å². The Morgan fingerprint density at radius 2 is 2.17 bits per heavy atom. The fourth-order valence-corrected chi connectivity index (χ4v) is 2.57. The number of hydrogen-bond acceptors (Lipinski definition) is 8. The topological polar surface area (TPSA) is 136 Å². The first kappa shape index (κ1) is 15.7. The summed E-state index contributed by atoms with van der Waals surface area (Å²) in [6, 6.07) is 1.63. The van der Waals surface area contributed by atoms with E-state index in [1.165, 1.54) is 18.0 Å². The molecule has 0 radical (unpaired) electrons. The van der Waals surface area contributed by atoms with Gasteiger partial charge >= 0.3 is 0 Å². The van der Waals surface area contributed by atoms with Crippen LogP contribution in [0.3, 0.4) is 0 Å². The number of aliphatic hydroxyl groups excluding tert-OH is 3. The standard InChI is InChI=1S/C14H16N4O5/c1-22-14-10(21)9(20)13(23-14)18-7(3-2-4-19)5-8-11(15)16-6-17-12(8)18/h5-6,9-10,13-14,19-21H,4H2,1H3,(H2,15,16,17). The van der Waals surface area contributed by atoms with Crippen molar-refractivity contribution >= 4 is 16.9 Å². The van der Waals surface area contributed by atoms with Crippen LogP contribution in [-0.4, -0.2) is 62.1 Å². The molecule has 2 aromatic heterocycles. The summed E-state index contributed by atoms with van der Waals surface area (Å²) in [7, 11) is 1.36. The van der Waals surface area contributed by atoms with Crippen LogP contribution < -0.4 is 5.73 Å². The summed E-state index contributed by atoms with van der Waals surface area (Å²) < 4.78 is 12.1. The van der Waals surface area contributed by atoms with E-state index in [1.54, 1.807) is 6.07 Å². The number of fused-ring (bicyclic) bond motifs is 1. The lowest BCUT2D eigenvalue weighted by Crippen LogP contribution is -2.32. The Morgan fingerprint density at radius 3 is 2.83 bits per heavy atom. The predicted molar refractivity (Wildman–Crippen MR) is 78.8 cm³/mol. The summed E-state index contributed by atoms with van der Waals surface area (Å²) in [5.74, 6) is 5.52. The van der Waals surface area contributed by atoms with Gasteiger partial charge < -0.3 is 30.5 Å². The number of nitrogens with zero attached hydrogens (tertiary/aromatic N) is 3. The summed E-state index contributed by atoms with van der Waals surface area (Å²) in [6.45, 7) is -0.333. The molecular weight excluding hydrogens is 304 g/mol.